The molecule has 4 heteroatoms. The van der Waals surface area contributed by atoms with Crippen LogP contribution in [0, 0.1) is 5.92 Å². The van der Waals surface area contributed by atoms with E-state index in [1.807, 2.05) is 36.4 Å². The zero-order valence-corrected chi connectivity index (χ0v) is 17.8. The zero-order valence-electron chi connectivity index (χ0n) is 17.8. The molecule has 0 aliphatic carbocycles. The summed E-state index contributed by atoms with van der Waals surface area (Å²) in [5.74, 6) is 2.06. The van der Waals surface area contributed by atoms with Crippen LogP contribution < -0.4 is 9.47 Å². The van der Waals surface area contributed by atoms with E-state index < -0.39 is 0 Å². The SMILES string of the molecule is CCCCCCCCCOc1ccc(-c2ccc(OCC(C)CC)cc2)nn1. The summed E-state index contributed by atoms with van der Waals surface area (Å²) in [6.45, 7) is 8.09. The van der Waals surface area contributed by atoms with E-state index in [1.165, 1.54) is 38.5 Å². The van der Waals surface area contributed by atoms with E-state index in [9.17, 15) is 0 Å². The third-order valence-electron chi connectivity index (χ3n) is 5.02. The van der Waals surface area contributed by atoms with Crippen LogP contribution in [0.15, 0.2) is 36.4 Å². The first kappa shape index (κ1) is 22.2. The van der Waals surface area contributed by atoms with Crippen LogP contribution in [-0.4, -0.2) is 23.4 Å². The molecule has 1 heterocycles. The molecule has 0 spiro atoms. The fourth-order valence-electron chi connectivity index (χ4n) is 2.87. The van der Waals surface area contributed by atoms with Gasteiger partial charge in [0.25, 0.3) is 0 Å². The minimum atomic E-state index is 0.569. The second kappa shape index (κ2) is 13.1. The van der Waals surface area contributed by atoms with Crippen molar-refractivity contribution >= 4 is 0 Å². The molecule has 1 aromatic carbocycles. The summed E-state index contributed by atoms with van der Waals surface area (Å²) in [6.07, 6.45) is 10.1. The molecule has 1 aromatic heterocycles. The van der Waals surface area contributed by atoms with Gasteiger partial charge in [-0.2, -0.15) is 0 Å². The molecule has 2 aromatic rings. The highest BCUT2D eigenvalue weighted by Crippen LogP contribution is 2.22. The number of ether oxygens (including phenoxy) is 2. The van der Waals surface area contributed by atoms with Gasteiger partial charge in [-0.1, -0.05) is 65.7 Å². The lowest BCUT2D eigenvalue weighted by molar-refractivity contribution is 0.256. The first-order valence-electron chi connectivity index (χ1n) is 10.9. The first-order chi connectivity index (χ1) is 13.7. The molecule has 0 fully saturated rings. The van der Waals surface area contributed by atoms with E-state index in [0.29, 0.717) is 18.4 Å². The molecule has 154 valence electrons. The summed E-state index contributed by atoms with van der Waals surface area (Å²) >= 11 is 0. The first-order valence-corrected chi connectivity index (χ1v) is 10.9. The molecule has 0 N–H and O–H groups in total. The highest BCUT2D eigenvalue weighted by atomic mass is 16.5. The monoisotopic (exact) mass is 384 g/mol. The van der Waals surface area contributed by atoms with E-state index >= 15 is 0 Å². The Kier molecular flexibility index (Phi) is 10.4. The quantitative estimate of drug-likeness (QED) is 0.340. The van der Waals surface area contributed by atoms with Gasteiger partial charge in [-0.25, -0.2) is 0 Å². The smallest absolute Gasteiger partial charge is 0.233 e. The molecule has 28 heavy (non-hydrogen) atoms. The van der Waals surface area contributed by atoms with Crippen LogP contribution in [0.25, 0.3) is 11.3 Å². The van der Waals surface area contributed by atoms with E-state index in [-0.39, 0.29) is 0 Å². The number of unbranched alkanes of at least 4 members (excludes halogenated alkanes) is 6. The highest BCUT2D eigenvalue weighted by Gasteiger charge is 2.04. The lowest BCUT2D eigenvalue weighted by Crippen LogP contribution is -2.07. The molecule has 4 nitrogen and oxygen atoms in total. The maximum atomic E-state index is 5.80. The summed E-state index contributed by atoms with van der Waals surface area (Å²) in [6, 6.07) is 11.9. The molecular weight excluding hydrogens is 348 g/mol. The minimum absolute atomic E-state index is 0.569. The normalized spacial score (nSPS) is 12.0. The van der Waals surface area contributed by atoms with Crippen LogP contribution in [0.1, 0.15) is 72.1 Å². The van der Waals surface area contributed by atoms with Crippen LogP contribution in [0.5, 0.6) is 11.6 Å². The third kappa shape index (κ3) is 8.28. The van der Waals surface area contributed by atoms with Gasteiger partial charge in [0.2, 0.25) is 5.88 Å². The van der Waals surface area contributed by atoms with E-state index in [2.05, 4.69) is 31.0 Å². The Labute approximate surface area is 170 Å². The maximum absolute atomic E-state index is 5.80. The molecule has 1 unspecified atom stereocenters. The average Bonchev–Trinajstić information content (AvgIpc) is 2.74. The minimum Gasteiger partial charge on any atom is -0.493 e. The standard InChI is InChI=1S/C24H36N2O2/c1-4-6-7-8-9-10-11-18-27-24-17-16-23(25-26-24)21-12-14-22(15-13-21)28-19-20(3)5-2/h12-17,20H,4-11,18-19H2,1-3H3. The summed E-state index contributed by atoms with van der Waals surface area (Å²) in [7, 11) is 0. The van der Waals surface area contributed by atoms with Gasteiger partial charge < -0.3 is 9.47 Å². The van der Waals surface area contributed by atoms with Gasteiger partial charge in [0.15, 0.2) is 0 Å². The van der Waals surface area contributed by atoms with Gasteiger partial charge in [0, 0.05) is 11.6 Å². The van der Waals surface area contributed by atoms with E-state index in [0.717, 1.165) is 36.5 Å². The summed E-state index contributed by atoms with van der Waals surface area (Å²) in [4.78, 5) is 0. The highest BCUT2D eigenvalue weighted by molar-refractivity contribution is 5.59. The molecule has 1 atom stereocenters. The summed E-state index contributed by atoms with van der Waals surface area (Å²) < 4.78 is 11.5. The lowest BCUT2D eigenvalue weighted by atomic mass is 10.1. The average molecular weight is 385 g/mol. The topological polar surface area (TPSA) is 44.2 Å². The van der Waals surface area contributed by atoms with Crippen LogP contribution in [-0.2, 0) is 0 Å². The molecule has 0 aliphatic rings. The van der Waals surface area contributed by atoms with E-state index in [4.69, 9.17) is 9.47 Å². The molecule has 0 saturated heterocycles. The Morgan fingerprint density at radius 3 is 2.14 bits per heavy atom. The van der Waals surface area contributed by atoms with Crippen molar-refractivity contribution in [2.24, 2.45) is 5.92 Å². The number of hydrogen-bond acceptors (Lipinski definition) is 4. The molecule has 0 bridgehead atoms. The molecule has 2 rings (SSSR count). The van der Waals surface area contributed by atoms with Crippen molar-refractivity contribution < 1.29 is 9.47 Å². The van der Waals surface area contributed by atoms with E-state index in [1.54, 1.807) is 0 Å². The Hall–Kier alpha value is -2.10. The maximum Gasteiger partial charge on any atom is 0.233 e. The fourth-order valence-corrected chi connectivity index (χ4v) is 2.87. The number of nitrogens with zero attached hydrogens (tertiary/aromatic N) is 2. The Balaban J connectivity index is 1.71. The summed E-state index contributed by atoms with van der Waals surface area (Å²) in [5, 5.41) is 8.50. The Morgan fingerprint density at radius 2 is 1.50 bits per heavy atom. The predicted octanol–water partition coefficient (Wildman–Crippen LogP) is 6.70. The van der Waals surface area contributed by atoms with Crippen molar-refractivity contribution in [1.82, 2.24) is 10.2 Å². The van der Waals surface area contributed by atoms with Crippen molar-refractivity contribution in [2.45, 2.75) is 72.1 Å². The van der Waals surface area contributed by atoms with Crippen LogP contribution in [0.3, 0.4) is 0 Å². The third-order valence-corrected chi connectivity index (χ3v) is 5.02. The van der Waals surface area contributed by atoms with Gasteiger partial charge in [-0.3, -0.25) is 0 Å². The second-order valence-electron chi connectivity index (χ2n) is 7.58. The predicted molar refractivity (Wildman–Crippen MR) is 116 cm³/mol. The number of rotatable bonds is 14. The van der Waals surface area contributed by atoms with Crippen molar-refractivity contribution in [2.75, 3.05) is 13.2 Å². The largest absolute Gasteiger partial charge is 0.493 e. The number of benzene rings is 1. The second-order valence-corrected chi connectivity index (χ2v) is 7.58. The molecule has 0 amide bonds. The van der Waals surface area contributed by atoms with Gasteiger partial charge >= 0.3 is 0 Å². The van der Waals surface area contributed by atoms with Gasteiger partial charge in [0.05, 0.1) is 18.9 Å². The van der Waals surface area contributed by atoms with Crippen molar-refractivity contribution in [1.29, 1.82) is 0 Å². The molecule has 0 aliphatic heterocycles. The van der Waals surface area contributed by atoms with Crippen molar-refractivity contribution in [3.05, 3.63) is 36.4 Å². The molecule has 0 radical (unpaired) electrons. The van der Waals surface area contributed by atoms with Gasteiger partial charge in [-0.15, -0.1) is 10.2 Å². The Bertz CT molecular complexity index is 641. The summed E-state index contributed by atoms with van der Waals surface area (Å²) in [5.41, 5.74) is 1.87. The van der Waals surface area contributed by atoms with Crippen LogP contribution in [0.4, 0.5) is 0 Å². The Morgan fingerprint density at radius 1 is 0.786 bits per heavy atom. The van der Waals surface area contributed by atoms with Crippen LogP contribution in [0.2, 0.25) is 0 Å². The zero-order chi connectivity index (χ0) is 20.0. The van der Waals surface area contributed by atoms with Gasteiger partial charge in [0.1, 0.15) is 5.75 Å². The number of aromatic nitrogens is 2. The number of hydrogen-bond donors (Lipinski definition) is 0. The van der Waals surface area contributed by atoms with Crippen LogP contribution >= 0.6 is 0 Å². The molecular formula is C24H36N2O2. The fraction of sp³-hybridized carbons (Fsp3) is 0.583. The van der Waals surface area contributed by atoms with Gasteiger partial charge in [-0.05, 0) is 42.7 Å². The lowest BCUT2D eigenvalue weighted by Gasteiger charge is -2.11. The van der Waals surface area contributed by atoms with Crippen molar-refractivity contribution in [3.8, 4) is 22.9 Å². The molecule has 0 saturated carbocycles. The van der Waals surface area contributed by atoms with Crippen molar-refractivity contribution in [3.63, 3.8) is 0 Å².